The van der Waals surface area contributed by atoms with Crippen LogP contribution < -0.4 is 14.8 Å². The number of rotatable bonds is 12. The Kier molecular flexibility index (Phi) is 12.0. The summed E-state index contributed by atoms with van der Waals surface area (Å²) in [5.41, 5.74) is 1.71. The molecule has 1 aliphatic rings. The van der Waals surface area contributed by atoms with Crippen molar-refractivity contribution < 1.29 is 47.5 Å². The molecule has 0 aliphatic carbocycles. The molecule has 1 fully saturated rings. The second kappa shape index (κ2) is 16.4. The fraction of sp³-hybridized carbons (Fsp3) is 0.375. The Hall–Kier alpha value is -4.52. The van der Waals surface area contributed by atoms with Gasteiger partial charge in [-0.25, -0.2) is 9.78 Å². The van der Waals surface area contributed by atoms with Gasteiger partial charge >= 0.3 is 11.9 Å². The summed E-state index contributed by atoms with van der Waals surface area (Å²) < 4.78 is 39.8. The third-order valence-electron chi connectivity index (χ3n) is 6.65. The second-order valence-electron chi connectivity index (χ2n) is 9.89. The number of methoxy groups -OCH3 is 1. The van der Waals surface area contributed by atoms with Gasteiger partial charge in [-0.15, -0.1) is 0 Å². The molecule has 1 N–H and O–H groups in total. The highest BCUT2D eigenvalue weighted by atomic mass is 16.7. The van der Waals surface area contributed by atoms with Gasteiger partial charge in [-0.1, -0.05) is 60.7 Å². The fourth-order valence-corrected chi connectivity index (χ4v) is 4.42. The van der Waals surface area contributed by atoms with E-state index in [1.807, 2.05) is 60.7 Å². The van der Waals surface area contributed by atoms with Crippen molar-refractivity contribution in [2.75, 3.05) is 27.1 Å². The first-order valence-electron chi connectivity index (χ1n) is 14.0. The van der Waals surface area contributed by atoms with Crippen LogP contribution in [0.5, 0.6) is 11.5 Å². The van der Waals surface area contributed by atoms with E-state index < -0.39 is 49.0 Å². The van der Waals surface area contributed by atoms with Crippen molar-refractivity contribution in [1.29, 1.82) is 0 Å². The topological polar surface area (TPSA) is 141 Å². The highest BCUT2D eigenvalue weighted by molar-refractivity contribution is 5.98. The number of esters is 2. The molecule has 0 saturated carbocycles. The molecule has 3 aromatic rings. The average Bonchev–Trinajstić information content (AvgIpc) is 3.08. The molecule has 2 heterocycles. The lowest BCUT2D eigenvalue weighted by molar-refractivity contribution is -0.170. The Morgan fingerprint density at radius 1 is 0.955 bits per heavy atom. The molecule has 0 spiro atoms. The largest absolute Gasteiger partial charge is 0.493 e. The van der Waals surface area contributed by atoms with Gasteiger partial charge in [-0.05, 0) is 18.1 Å². The van der Waals surface area contributed by atoms with E-state index in [-0.39, 0.29) is 37.0 Å². The molecule has 4 atom stereocenters. The van der Waals surface area contributed by atoms with Gasteiger partial charge in [0, 0.05) is 19.2 Å². The number of pyridine rings is 1. The average molecular weight is 609 g/mol. The van der Waals surface area contributed by atoms with Crippen LogP contribution in [0.25, 0.3) is 0 Å². The van der Waals surface area contributed by atoms with E-state index >= 15 is 0 Å². The first-order valence-corrected chi connectivity index (χ1v) is 14.0. The number of cyclic esters (lactones) is 1. The number of nitrogens with zero attached hydrogens (tertiary/aromatic N) is 1. The third-order valence-corrected chi connectivity index (χ3v) is 6.65. The van der Waals surface area contributed by atoms with Crippen molar-refractivity contribution in [1.82, 2.24) is 10.3 Å². The Bertz CT molecular complexity index is 1370. The Balaban J connectivity index is 1.50. The molecule has 0 radical (unpaired) electrons. The smallest absolute Gasteiger partial charge is 0.331 e. The molecular formula is C32H36N2O10. The first-order chi connectivity index (χ1) is 21.4. The van der Waals surface area contributed by atoms with Crippen LogP contribution in [0.4, 0.5) is 0 Å². The highest BCUT2D eigenvalue weighted by Crippen LogP contribution is 2.30. The molecule has 1 saturated heterocycles. The molecule has 1 amide bonds. The maximum Gasteiger partial charge on any atom is 0.331 e. The zero-order valence-electron chi connectivity index (χ0n) is 24.8. The number of hydrogen-bond donors (Lipinski definition) is 1. The van der Waals surface area contributed by atoms with Crippen LogP contribution in [0.1, 0.15) is 35.5 Å². The van der Waals surface area contributed by atoms with Crippen LogP contribution in [0.15, 0.2) is 72.9 Å². The summed E-state index contributed by atoms with van der Waals surface area (Å²) in [6, 6.07) is 19.5. The van der Waals surface area contributed by atoms with E-state index in [9.17, 15) is 14.4 Å². The van der Waals surface area contributed by atoms with Crippen LogP contribution in [0.3, 0.4) is 0 Å². The van der Waals surface area contributed by atoms with Crippen molar-refractivity contribution in [3.05, 3.63) is 89.7 Å². The van der Waals surface area contributed by atoms with Crippen molar-refractivity contribution >= 4 is 17.8 Å². The number of benzene rings is 2. The summed E-state index contributed by atoms with van der Waals surface area (Å²) in [5, 5.41) is 2.61. The number of carbonyl (C=O) groups is 3. The van der Waals surface area contributed by atoms with Gasteiger partial charge in [0.05, 0.1) is 33.5 Å². The molecule has 2 aromatic carbocycles. The second-order valence-corrected chi connectivity index (χ2v) is 9.89. The van der Waals surface area contributed by atoms with E-state index in [4.69, 9.17) is 33.2 Å². The lowest BCUT2D eigenvalue weighted by Gasteiger charge is -2.30. The standard InChI is InChI=1S/C32H36N2O10/c1-21-29(41-17-24-12-8-5-9-13-24)27(40-16-23-10-6-4-7-11-23)19-39-18-25(32(37)44-21)34-31(36)28-30(43-20-42-22(2)35)26(38-3)14-15-33-28/h4-15,21,25,27,29H,16-20H2,1-3H3,(H,34,36)/t21-,25-,27+,29+/m1/s1. The van der Waals surface area contributed by atoms with Crippen LogP contribution >= 0.6 is 0 Å². The lowest BCUT2D eigenvalue weighted by Crippen LogP contribution is -2.47. The number of ether oxygens (including phenoxy) is 7. The van der Waals surface area contributed by atoms with Crippen molar-refractivity contribution in [2.24, 2.45) is 0 Å². The maximum atomic E-state index is 13.3. The summed E-state index contributed by atoms with van der Waals surface area (Å²) in [5.74, 6) is -1.95. The molecule has 1 aliphatic heterocycles. The van der Waals surface area contributed by atoms with Gasteiger partial charge in [-0.2, -0.15) is 0 Å². The predicted molar refractivity (Wildman–Crippen MR) is 156 cm³/mol. The molecule has 0 unspecified atom stereocenters. The van der Waals surface area contributed by atoms with Gasteiger partial charge < -0.3 is 38.5 Å². The summed E-state index contributed by atoms with van der Waals surface area (Å²) in [4.78, 5) is 41.9. The Morgan fingerprint density at radius 2 is 1.61 bits per heavy atom. The quantitative estimate of drug-likeness (QED) is 0.239. The molecule has 44 heavy (non-hydrogen) atoms. The maximum absolute atomic E-state index is 13.3. The number of carbonyl (C=O) groups excluding carboxylic acids is 3. The molecule has 1 aromatic heterocycles. The van der Waals surface area contributed by atoms with Gasteiger partial charge in [0.1, 0.15) is 18.3 Å². The zero-order chi connectivity index (χ0) is 31.3. The summed E-state index contributed by atoms with van der Waals surface area (Å²) in [6.07, 6.45) is -0.697. The molecule has 0 bridgehead atoms. The van der Waals surface area contributed by atoms with E-state index in [1.54, 1.807) is 6.92 Å². The molecule has 234 valence electrons. The van der Waals surface area contributed by atoms with Crippen LogP contribution in [0.2, 0.25) is 0 Å². The number of hydrogen-bond acceptors (Lipinski definition) is 11. The monoisotopic (exact) mass is 608 g/mol. The minimum Gasteiger partial charge on any atom is -0.493 e. The van der Waals surface area contributed by atoms with Crippen LogP contribution in [0, 0.1) is 0 Å². The predicted octanol–water partition coefficient (Wildman–Crippen LogP) is 3.22. The van der Waals surface area contributed by atoms with Crippen LogP contribution in [-0.2, 0) is 46.5 Å². The van der Waals surface area contributed by atoms with Crippen molar-refractivity contribution in [3.63, 3.8) is 0 Å². The SMILES string of the molecule is COc1ccnc(C(=O)N[C@@H]2COC[C@H](OCc3ccccc3)[C@@H](OCc3ccccc3)[C@@H](C)OC2=O)c1OCOC(C)=O. The zero-order valence-corrected chi connectivity index (χ0v) is 24.8. The summed E-state index contributed by atoms with van der Waals surface area (Å²) in [6.45, 7) is 2.86. The van der Waals surface area contributed by atoms with Crippen molar-refractivity contribution in [2.45, 2.75) is 51.4 Å². The van der Waals surface area contributed by atoms with E-state index in [0.717, 1.165) is 11.1 Å². The number of amides is 1. The normalized spacial score (nSPS) is 20.3. The minimum absolute atomic E-state index is 0.0633. The summed E-state index contributed by atoms with van der Waals surface area (Å²) >= 11 is 0. The van der Waals surface area contributed by atoms with Gasteiger partial charge in [0.15, 0.2) is 23.2 Å². The molecule has 12 nitrogen and oxygen atoms in total. The van der Waals surface area contributed by atoms with Gasteiger partial charge in [-0.3, -0.25) is 9.59 Å². The van der Waals surface area contributed by atoms with E-state index in [1.165, 1.54) is 26.3 Å². The van der Waals surface area contributed by atoms with Gasteiger partial charge in [0.25, 0.3) is 5.91 Å². The van der Waals surface area contributed by atoms with Crippen LogP contribution in [-0.4, -0.2) is 74.3 Å². The lowest BCUT2D eigenvalue weighted by atomic mass is 10.1. The van der Waals surface area contributed by atoms with Gasteiger partial charge in [0.2, 0.25) is 6.79 Å². The molecule has 4 rings (SSSR count). The minimum atomic E-state index is -1.19. The Morgan fingerprint density at radius 3 is 2.25 bits per heavy atom. The number of aromatic nitrogens is 1. The first kappa shape index (κ1) is 32.4. The third kappa shape index (κ3) is 9.24. The number of nitrogens with one attached hydrogen (secondary N) is 1. The molecular weight excluding hydrogens is 572 g/mol. The van der Waals surface area contributed by atoms with Crippen molar-refractivity contribution in [3.8, 4) is 11.5 Å². The Labute approximate surface area is 255 Å². The fourth-order valence-electron chi connectivity index (χ4n) is 4.42. The summed E-state index contributed by atoms with van der Waals surface area (Å²) in [7, 11) is 1.38. The highest BCUT2D eigenvalue weighted by Gasteiger charge is 2.37. The van der Waals surface area contributed by atoms with E-state index in [0.29, 0.717) is 6.61 Å². The van der Waals surface area contributed by atoms with E-state index in [2.05, 4.69) is 10.3 Å². The molecule has 12 heteroatoms.